The van der Waals surface area contributed by atoms with E-state index in [-0.39, 0.29) is 11.7 Å². The largest absolute Gasteiger partial charge is 0.345 e. The van der Waals surface area contributed by atoms with Gasteiger partial charge in [-0.05, 0) is 35.7 Å². The Morgan fingerprint density at radius 1 is 1.27 bits per heavy atom. The highest BCUT2D eigenvalue weighted by atomic mass is 19.1. The van der Waals surface area contributed by atoms with Crippen molar-refractivity contribution in [2.75, 3.05) is 6.54 Å². The van der Waals surface area contributed by atoms with E-state index in [0.29, 0.717) is 19.0 Å². The number of amides is 1. The molecule has 118 valence electrons. The minimum absolute atomic E-state index is 0.0761. The quantitative estimate of drug-likeness (QED) is 0.799. The first-order valence-corrected chi connectivity index (χ1v) is 7.59. The molecule has 0 aliphatic rings. The highest BCUT2D eigenvalue weighted by Crippen LogP contribution is 2.13. The molecule has 1 amide bonds. The van der Waals surface area contributed by atoms with Crippen molar-refractivity contribution in [1.82, 2.24) is 9.47 Å². The number of halogens is 1. The molecular formula is C18H23FN2O. The second-order valence-electron chi connectivity index (χ2n) is 6.05. The topological polar surface area (TPSA) is 25.2 Å². The van der Waals surface area contributed by atoms with Gasteiger partial charge in [-0.2, -0.15) is 0 Å². The summed E-state index contributed by atoms with van der Waals surface area (Å²) in [4.78, 5) is 13.6. The average Bonchev–Trinajstić information content (AvgIpc) is 2.84. The Hall–Kier alpha value is -2.10. The molecule has 0 spiro atoms. The number of nitrogens with zero attached hydrogens (tertiary/aromatic N) is 2. The first-order valence-electron chi connectivity index (χ1n) is 7.59. The van der Waals surface area contributed by atoms with Gasteiger partial charge < -0.3 is 9.47 Å². The summed E-state index contributed by atoms with van der Waals surface area (Å²) < 4.78 is 15.4. The van der Waals surface area contributed by atoms with Crippen LogP contribution in [0.15, 0.2) is 42.6 Å². The second-order valence-corrected chi connectivity index (χ2v) is 6.05. The maximum absolute atomic E-state index is 13.3. The molecule has 3 nitrogen and oxygen atoms in total. The van der Waals surface area contributed by atoms with Crippen LogP contribution in [-0.4, -0.2) is 21.9 Å². The van der Waals surface area contributed by atoms with Crippen LogP contribution >= 0.6 is 0 Å². The third-order valence-corrected chi connectivity index (χ3v) is 3.55. The van der Waals surface area contributed by atoms with E-state index in [1.165, 1.54) is 6.07 Å². The predicted molar refractivity (Wildman–Crippen MR) is 85.9 cm³/mol. The lowest BCUT2D eigenvalue weighted by molar-refractivity contribution is -0.130. The Morgan fingerprint density at radius 2 is 2.05 bits per heavy atom. The summed E-state index contributed by atoms with van der Waals surface area (Å²) in [6.45, 7) is 7.72. The molecule has 1 aromatic carbocycles. The van der Waals surface area contributed by atoms with Crippen molar-refractivity contribution < 1.29 is 9.18 Å². The van der Waals surface area contributed by atoms with Crippen LogP contribution in [0.2, 0.25) is 0 Å². The Bertz CT molecular complexity index is 634. The highest BCUT2D eigenvalue weighted by molar-refractivity contribution is 5.73. The number of hydrogen-bond donors (Lipinski definition) is 0. The highest BCUT2D eigenvalue weighted by Gasteiger charge is 2.13. The van der Waals surface area contributed by atoms with Crippen molar-refractivity contribution in [2.24, 2.45) is 5.92 Å². The van der Waals surface area contributed by atoms with Gasteiger partial charge in [0.1, 0.15) is 5.82 Å². The molecule has 0 aliphatic carbocycles. The number of carbonyl (C=O) groups excluding carboxylic acids is 1. The van der Waals surface area contributed by atoms with Gasteiger partial charge in [0.2, 0.25) is 5.91 Å². The fourth-order valence-corrected chi connectivity index (χ4v) is 2.52. The summed E-state index contributed by atoms with van der Waals surface area (Å²) in [6.07, 6.45) is 1.97. The molecule has 2 aromatic rings. The van der Waals surface area contributed by atoms with Gasteiger partial charge >= 0.3 is 0 Å². The van der Waals surface area contributed by atoms with Crippen molar-refractivity contribution in [3.05, 3.63) is 59.7 Å². The minimum Gasteiger partial charge on any atom is -0.345 e. The number of hydrogen-bond acceptors (Lipinski definition) is 1. The lowest BCUT2D eigenvalue weighted by Crippen LogP contribution is -2.32. The molecule has 0 saturated carbocycles. The SMILES string of the molecule is CC(=O)N(Cc1cccn1Cc1cccc(F)c1)CC(C)C. The van der Waals surface area contributed by atoms with Crippen LogP contribution in [0.3, 0.4) is 0 Å². The van der Waals surface area contributed by atoms with E-state index in [4.69, 9.17) is 0 Å². The molecular weight excluding hydrogens is 279 g/mol. The third kappa shape index (κ3) is 4.45. The number of aromatic nitrogens is 1. The van der Waals surface area contributed by atoms with Crippen LogP contribution < -0.4 is 0 Å². The van der Waals surface area contributed by atoms with Gasteiger partial charge in [-0.1, -0.05) is 26.0 Å². The van der Waals surface area contributed by atoms with E-state index in [2.05, 4.69) is 18.4 Å². The second kappa shape index (κ2) is 7.25. The molecule has 0 radical (unpaired) electrons. The smallest absolute Gasteiger partial charge is 0.219 e. The van der Waals surface area contributed by atoms with Crippen molar-refractivity contribution in [3.63, 3.8) is 0 Å². The number of carbonyl (C=O) groups is 1. The Labute approximate surface area is 131 Å². The normalized spacial score (nSPS) is 11.0. The monoisotopic (exact) mass is 302 g/mol. The third-order valence-electron chi connectivity index (χ3n) is 3.55. The van der Waals surface area contributed by atoms with Crippen molar-refractivity contribution >= 4 is 5.91 Å². The van der Waals surface area contributed by atoms with Crippen LogP contribution in [-0.2, 0) is 17.9 Å². The first-order chi connectivity index (χ1) is 10.5. The molecule has 0 saturated heterocycles. The molecule has 0 atom stereocenters. The molecule has 0 aliphatic heterocycles. The summed E-state index contributed by atoms with van der Waals surface area (Å²) in [5, 5.41) is 0. The number of benzene rings is 1. The molecule has 0 unspecified atom stereocenters. The minimum atomic E-state index is -0.226. The van der Waals surface area contributed by atoms with E-state index >= 15 is 0 Å². The summed E-state index contributed by atoms with van der Waals surface area (Å²) >= 11 is 0. The summed E-state index contributed by atoms with van der Waals surface area (Å²) in [5.74, 6) is 0.277. The van der Waals surface area contributed by atoms with Crippen molar-refractivity contribution in [2.45, 2.75) is 33.9 Å². The zero-order valence-electron chi connectivity index (χ0n) is 13.4. The van der Waals surface area contributed by atoms with Gasteiger partial charge in [0.25, 0.3) is 0 Å². The predicted octanol–water partition coefficient (Wildman–Crippen LogP) is 3.68. The maximum atomic E-state index is 13.3. The zero-order valence-corrected chi connectivity index (χ0v) is 13.4. The van der Waals surface area contributed by atoms with Crippen molar-refractivity contribution in [3.8, 4) is 0 Å². The van der Waals surface area contributed by atoms with E-state index in [0.717, 1.165) is 17.8 Å². The Balaban J connectivity index is 2.13. The Kier molecular flexibility index (Phi) is 5.36. The molecule has 0 N–H and O–H groups in total. The molecule has 0 bridgehead atoms. The van der Waals surface area contributed by atoms with Crippen LogP contribution in [0.4, 0.5) is 4.39 Å². The molecule has 2 rings (SSSR count). The Morgan fingerprint density at radius 3 is 2.68 bits per heavy atom. The van der Waals surface area contributed by atoms with Crippen LogP contribution in [0.25, 0.3) is 0 Å². The molecule has 0 fully saturated rings. The van der Waals surface area contributed by atoms with Gasteiger partial charge in [0.05, 0.1) is 6.54 Å². The van der Waals surface area contributed by atoms with Gasteiger partial charge in [0, 0.05) is 31.9 Å². The van der Waals surface area contributed by atoms with Gasteiger partial charge in [-0.15, -0.1) is 0 Å². The van der Waals surface area contributed by atoms with E-state index in [9.17, 15) is 9.18 Å². The summed E-state index contributed by atoms with van der Waals surface area (Å²) in [5.41, 5.74) is 1.97. The van der Waals surface area contributed by atoms with Crippen LogP contribution in [0, 0.1) is 11.7 Å². The lowest BCUT2D eigenvalue weighted by Gasteiger charge is -2.24. The molecule has 22 heavy (non-hydrogen) atoms. The summed E-state index contributed by atoms with van der Waals surface area (Å²) in [7, 11) is 0. The van der Waals surface area contributed by atoms with E-state index in [1.807, 2.05) is 29.3 Å². The van der Waals surface area contributed by atoms with Crippen LogP contribution in [0.1, 0.15) is 32.0 Å². The average molecular weight is 302 g/mol. The molecule has 1 heterocycles. The number of rotatable bonds is 6. The van der Waals surface area contributed by atoms with E-state index < -0.39 is 0 Å². The zero-order chi connectivity index (χ0) is 16.1. The first kappa shape index (κ1) is 16.3. The molecule has 4 heteroatoms. The fraction of sp³-hybridized carbons (Fsp3) is 0.389. The van der Waals surface area contributed by atoms with Crippen LogP contribution in [0.5, 0.6) is 0 Å². The van der Waals surface area contributed by atoms with Gasteiger partial charge in [-0.25, -0.2) is 4.39 Å². The van der Waals surface area contributed by atoms with Gasteiger partial charge in [-0.3, -0.25) is 4.79 Å². The maximum Gasteiger partial charge on any atom is 0.219 e. The van der Waals surface area contributed by atoms with Crippen molar-refractivity contribution in [1.29, 1.82) is 0 Å². The lowest BCUT2D eigenvalue weighted by atomic mass is 10.2. The standard InChI is InChI=1S/C18H23FN2O/c1-14(2)11-21(15(3)22)13-18-8-5-9-20(18)12-16-6-4-7-17(19)10-16/h4-10,14H,11-13H2,1-3H3. The summed E-state index contributed by atoms with van der Waals surface area (Å²) in [6, 6.07) is 10.6. The fourth-order valence-electron chi connectivity index (χ4n) is 2.52. The van der Waals surface area contributed by atoms with E-state index in [1.54, 1.807) is 19.1 Å². The van der Waals surface area contributed by atoms with Gasteiger partial charge in [0.15, 0.2) is 0 Å². The molecule has 1 aromatic heterocycles.